The van der Waals surface area contributed by atoms with Crippen LogP contribution in [0.15, 0.2) is 18.2 Å². The standard InChI is InChI=1S/C13H24N3/c1-4-16(2,3)9-5-6-11-10-12(14)7-8-13(11)15/h7-8,10H,4-6,9,14-15H2,1-3H3/q+1. The lowest BCUT2D eigenvalue weighted by Crippen LogP contribution is -2.40. The fourth-order valence-corrected chi connectivity index (χ4v) is 1.70. The van der Waals surface area contributed by atoms with Gasteiger partial charge in [-0.05, 0) is 37.1 Å². The molecule has 0 saturated heterocycles. The third-order valence-electron chi connectivity index (χ3n) is 3.23. The maximum absolute atomic E-state index is 5.91. The minimum atomic E-state index is 0.799. The van der Waals surface area contributed by atoms with Crippen molar-refractivity contribution >= 4 is 11.4 Å². The largest absolute Gasteiger partial charge is 0.399 e. The normalized spacial score (nSPS) is 11.7. The maximum Gasteiger partial charge on any atom is 0.0785 e. The predicted octanol–water partition coefficient (Wildman–Crippen LogP) is 1.88. The number of nitrogen functional groups attached to an aromatic ring is 2. The van der Waals surface area contributed by atoms with Crippen LogP contribution in [-0.2, 0) is 6.42 Å². The molecule has 1 aromatic carbocycles. The van der Waals surface area contributed by atoms with E-state index in [9.17, 15) is 0 Å². The second kappa shape index (κ2) is 5.21. The average Bonchev–Trinajstić information content (AvgIpc) is 2.23. The zero-order valence-electron chi connectivity index (χ0n) is 10.7. The van der Waals surface area contributed by atoms with Crippen molar-refractivity contribution in [3.8, 4) is 0 Å². The molecule has 0 saturated carbocycles. The fraction of sp³-hybridized carbons (Fsp3) is 0.538. The number of nitrogens with two attached hydrogens (primary N) is 2. The number of rotatable bonds is 5. The van der Waals surface area contributed by atoms with Gasteiger partial charge < -0.3 is 16.0 Å². The molecule has 16 heavy (non-hydrogen) atoms. The summed E-state index contributed by atoms with van der Waals surface area (Å²) in [6, 6.07) is 5.73. The zero-order valence-corrected chi connectivity index (χ0v) is 10.7. The third kappa shape index (κ3) is 3.74. The van der Waals surface area contributed by atoms with E-state index >= 15 is 0 Å². The molecule has 0 fully saturated rings. The van der Waals surface area contributed by atoms with Crippen molar-refractivity contribution in [1.82, 2.24) is 0 Å². The van der Waals surface area contributed by atoms with Crippen LogP contribution < -0.4 is 11.5 Å². The highest BCUT2D eigenvalue weighted by molar-refractivity contribution is 5.55. The van der Waals surface area contributed by atoms with E-state index in [2.05, 4.69) is 21.0 Å². The summed E-state index contributed by atoms with van der Waals surface area (Å²) in [5.41, 5.74) is 14.5. The maximum atomic E-state index is 5.91. The molecule has 0 bridgehead atoms. The molecule has 0 unspecified atom stereocenters. The van der Waals surface area contributed by atoms with Gasteiger partial charge in [0.05, 0.1) is 27.2 Å². The van der Waals surface area contributed by atoms with E-state index in [0.29, 0.717) is 0 Å². The lowest BCUT2D eigenvalue weighted by atomic mass is 10.1. The molecular formula is C13H24N3+. The van der Waals surface area contributed by atoms with Crippen LogP contribution in [0, 0.1) is 0 Å². The van der Waals surface area contributed by atoms with Gasteiger partial charge in [-0.2, -0.15) is 0 Å². The highest BCUT2D eigenvalue weighted by atomic mass is 15.3. The Kier molecular flexibility index (Phi) is 4.19. The first-order valence-electron chi connectivity index (χ1n) is 5.90. The Balaban J connectivity index is 2.52. The Bertz CT molecular complexity index is 345. The molecule has 0 aliphatic carbocycles. The van der Waals surface area contributed by atoms with E-state index in [1.54, 1.807) is 0 Å². The molecule has 90 valence electrons. The molecule has 0 atom stereocenters. The second-order valence-electron chi connectivity index (χ2n) is 5.04. The van der Waals surface area contributed by atoms with Crippen LogP contribution in [-0.4, -0.2) is 31.7 Å². The van der Waals surface area contributed by atoms with Crippen LogP contribution in [0.5, 0.6) is 0 Å². The lowest BCUT2D eigenvalue weighted by molar-refractivity contribution is -0.888. The molecule has 0 spiro atoms. The summed E-state index contributed by atoms with van der Waals surface area (Å²) >= 11 is 0. The number of benzene rings is 1. The fourth-order valence-electron chi connectivity index (χ4n) is 1.70. The van der Waals surface area contributed by atoms with Crippen LogP contribution in [0.25, 0.3) is 0 Å². The third-order valence-corrected chi connectivity index (χ3v) is 3.23. The molecule has 4 N–H and O–H groups in total. The van der Waals surface area contributed by atoms with Crippen LogP contribution in [0.3, 0.4) is 0 Å². The van der Waals surface area contributed by atoms with E-state index in [1.165, 1.54) is 12.1 Å². The monoisotopic (exact) mass is 222 g/mol. The minimum Gasteiger partial charge on any atom is -0.399 e. The SMILES string of the molecule is CC[N+](C)(C)CCCc1cc(N)ccc1N. The molecule has 0 amide bonds. The predicted molar refractivity (Wildman–Crippen MR) is 71.1 cm³/mol. The van der Waals surface area contributed by atoms with E-state index in [1.807, 2.05) is 18.2 Å². The Labute approximate surface area is 98.6 Å². The van der Waals surface area contributed by atoms with Crippen LogP contribution in [0.2, 0.25) is 0 Å². The van der Waals surface area contributed by atoms with Crippen molar-refractivity contribution in [2.75, 3.05) is 38.7 Å². The Morgan fingerprint density at radius 2 is 1.88 bits per heavy atom. The molecule has 1 rings (SSSR count). The molecule has 3 nitrogen and oxygen atoms in total. The quantitative estimate of drug-likeness (QED) is 0.590. The molecule has 0 aliphatic rings. The first-order chi connectivity index (χ1) is 7.44. The van der Waals surface area contributed by atoms with E-state index in [-0.39, 0.29) is 0 Å². The summed E-state index contributed by atoms with van der Waals surface area (Å²) in [5.74, 6) is 0. The van der Waals surface area contributed by atoms with Crippen molar-refractivity contribution in [2.45, 2.75) is 19.8 Å². The van der Waals surface area contributed by atoms with Gasteiger partial charge in [-0.25, -0.2) is 0 Å². The smallest absolute Gasteiger partial charge is 0.0785 e. The Morgan fingerprint density at radius 1 is 1.19 bits per heavy atom. The van der Waals surface area contributed by atoms with E-state index in [4.69, 9.17) is 11.5 Å². The van der Waals surface area contributed by atoms with E-state index < -0.39 is 0 Å². The summed E-state index contributed by atoms with van der Waals surface area (Å²) in [6.45, 7) is 4.55. The number of hydrogen-bond acceptors (Lipinski definition) is 2. The van der Waals surface area contributed by atoms with Crippen LogP contribution in [0.1, 0.15) is 18.9 Å². The minimum absolute atomic E-state index is 0.799. The number of aryl methyl sites for hydroxylation is 1. The Hall–Kier alpha value is -1.22. The van der Waals surface area contributed by atoms with Gasteiger partial charge >= 0.3 is 0 Å². The first kappa shape index (κ1) is 12.8. The van der Waals surface area contributed by atoms with Gasteiger partial charge in [0, 0.05) is 17.8 Å². The van der Waals surface area contributed by atoms with Crippen molar-refractivity contribution < 1.29 is 4.48 Å². The molecule has 0 aromatic heterocycles. The van der Waals surface area contributed by atoms with Gasteiger partial charge in [0.25, 0.3) is 0 Å². The van der Waals surface area contributed by atoms with Crippen molar-refractivity contribution in [2.24, 2.45) is 0 Å². The van der Waals surface area contributed by atoms with Gasteiger partial charge in [-0.15, -0.1) is 0 Å². The highest BCUT2D eigenvalue weighted by Crippen LogP contribution is 2.17. The van der Waals surface area contributed by atoms with Crippen LogP contribution >= 0.6 is 0 Å². The summed E-state index contributed by atoms with van der Waals surface area (Å²) in [4.78, 5) is 0. The molecule has 0 radical (unpaired) electrons. The topological polar surface area (TPSA) is 52.0 Å². The summed E-state index contributed by atoms with van der Waals surface area (Å²) in [7, 11) is 4.51. The molecule has 0 aliphatic heterocycles. The molecule has 3 heteroatoms. The Morgan fingerprint density at radius 3 is 2.50 bits per heavy atom. The molecular weight excluding hydrogens is 198 g/mol. The highest BCUT2D eigenvalue weighted by Gasteiger charge is 2.11. The lowest BCUT2D eigenvalue weighted by Gasteiger charge is -2.28. The van der Waals surface area contributed by atoms with Crippen LogP contribution in [0.4, 0.5) is 11.4 Å². The van der Waals surface area contributed by atoms with Gasteiger partial charge in [-0.3, -0.25) is 0 Å². The molecule has 1 aromatic rings. The van der Waals surface area contributed by atoms with Crippen molar-refractivity contribution in [1.29, 1.82) is 0 Å². The summed E-state index contributed by atoms with van der Waals surface area (Å²) in [6.07, 6.45) is 2.16. The number of nitrogens with zero attached hydrogens (tertiary/aromatic N) is 1. The first-order valence-corrected chi connectivity index (χ1v) is 5.90. The van der Waals surface area contributed by atoms with Crippen molar-refractivity contribution in [3.05, 3.63) is 23.8 Å². The number of anilines is 2. The number of hydrogen-bond donors (Lipinski definition) is 2. The van der Waals surface area contributed by atoms with Crippen molar-refractivity contribution in [3.63, 3.8) is 0 Å². The summed E-state index contributed by atoms with van der Waals surface area (Å²) in [5, 5.41) is 0. The number of quaternary nitrogens is 1. The second-order valence-corrected chi connectivity index (χ2v) is 5.04. The summed E-state index contributed by atoms with van der Waals surface area (Å²) < 4.78 is 1.06. The van der Waals surface area contributed by atoms with Gasteiger partial charge in [0.2, 0.25) is 0 Å². The van der Waals surface area contributed by atoms with E-state index in [0.717, 1.165) is 35.2 Å². The van der Waals surface area contributed by atoms with Gasteiger partial charge in [0.1, 0.15) is 0 Å². The average molecular weight is 222 g/mol. The zero-order chi connectivity index (χ0) is 12.2. The molecule has 0 heterocycles. The van der Waals surface area contributed by atoms with Gasteiger partial charge in [-0.1, -0.05) is 0 Å². The van der Waals surface area contributed by atoms with Gasteiger partial charge in [0.15, 0.2) is 0 Å².